The van der Waals surface area contributed by atoms with Gasteiger partial charge in [-0.2, -0.15) is 4.98 Å². The Morgan fingerprint density at radius 1 is 1.19 bits per heavy atom. The summed E-state index contributed by atoms with van der Waals surface area (Å²) in [6, 6.07) is 15.0. The number of rotatable bonds is 7. The van der Waals surface area contributed by atoms with Gasteiger partial charge < -0.3 is 14.2 Å². The summed E-state index contributed by atoms with van der Waals surface area (Å²) in [6.45, 7) is 2.31. The summed E-state index contributed by atoms with van der Waals surface area (Å²) in [4.78, 5) is 19.8. The number of benzene rings is 2. The Morgan fingerprint density at radius 2 is 1.93 bits per heavy atom. The van der Waals surface area contributed by atoms with Gasteiger partial charge in [-0.1, -0.05) is 24.2 Å². The molecule has 0 spiro atoms. The number of ether oxygens (including phenoxy) is 1. The summed E-state index contributed by atoms with van der Waals surface area (Å²) in [6.07, 6.45) is 0. The SMILES string of the molecule is CCSc1ccccc1C(=O)N(C)Cc1nc(-c2ccc(OC)cc2)no1. The van der Waals surface area contributed by atoms with E-state index in [1.165, 1.54) is 0 Å². The van der Waals surface area contributed by atoms with Gasteiger partial charge in [0.2, 0.25) is 11.7 Å². The van der Waals surface area contributed by atoms with Crippen LogP contribution in [0.3, 0.4) is 0 Å². The lowest BCUT2D eigenvalue weighted by atomic mass is 10.2. The molecule has 140 valence electrons. The summed E-state index contributed by atoms with van der Waals surface area (Å²) in [7, 11) is 3.35. The summed E-state index contributed by atoms with van der Waals surface area (Å²) in [5, 5.41) is 4.01. The Bertz CT molecular complexity index is 909. The summed E-state index contributed by atoms with van der Waals surface area (Å²) < 4.78 is 10.5. The van der Waals surface area contributed by atoms with Gasteiger partial charge in [-0.15, -0.1) is 11.8 Å². The third kappa shape index (κ3) is 4.49. The fraction of sp³-hybridized carbons (Fsp3) is 0.250. The number of methoxy groups -OCH3 is 1. The average molecular weight is 383 g/mol. The Kier molecular flexibility index (Phi) is 6.13. The van der Waals surface area contributed by atoms with E-state index in [0.29, 0.717) is 17.3 Å². The van der Waals surface area contributed by atoms with Crippen LogP contribution in [-0.4, -0.2) is 40.9 Å². The van der Waals surface area contributed by atoms with Gasteiger partial charge in [0, 0.05) is 17.5 Å². The van der Waals surface area contributed by atoms with Crippen molar-refractivity contribution in [3.8, 4) is 17.1 Å². The molecule has 2 aromatic carbocycles. The first-order chi connectivity index (χ1) is 13.1. The van der Waals surface area contributed by atoms with E-state index in [4.69, 9.17) is 9.26 Å². The number of carbonyl (C=O) groups excluding carboxylic acids is 1. The molecule has 0 aliphatic heterocycles. The van der Waals surface area contributed by atoms with Crippen LogP contribution in [0.2, 0.25) is 0 Å². The Balaban J connectivity index is 1.72. The molecule has 1 amide bonds. The maximum Gasteiger partial charge on any atom is 0.255 e. The van der Waals surface area contributed by atoms with Crippen molar-refractivity contribution in [3.63, 3.8) is 0 Å². The van der Waals surface area contributed by atoms with Gasteiger partial charge in [-0.05, 0) is 42.2 Å². The Hall–Kier alpha value is -2.80. The molecule has 0 fully saturated rings. The highest BCUT2D eigenvalue weighted by Gasteiger charge is 2.18. The minimum atomic E-state index is -0.0734. The monoisotopic (exact) mass is 383 g/mol. The Labute approximate surface area is 162 Å². The highest BCUT2D eigenvalue weighted by Crippen LogP contribution is 2.24. The van der Waals surface area contributed by atoms with Gasteiger partial charge in [0.25, 0.3) is 5.91 Å². The quantitative estimate of drug-likeness (QED) is 0.572. The van der Waals surface area contributed by atoms with Crippen molar-refractivity contribution in [1.82, 2.24) is 15.0 Å². The predicted octanol–water partition coefficient (Wildman–Crippen LogP) is 4.13. The van der Waals surface area contributed by atoms with E-state index in [1.54, 1.807) is 30.8 Å². The van der Waals surface area contributed by atoms with Crippen LogP contribution < -0.4 is 4.74 Å². The molecule has 3 aromatic rings. The van der Waals surface area contributed by atoms with E-state index in [1.807, 2.05) is 48.5 Å². The fourth-order valence-corrected chi connectivity index (χ4v) is 3.38. The number of carbonyl (C=O) groups is 1. The second-order valence-electron chi connectivity index (χ2n) is 5.83. The van der Waals surface area contributed by atoms with Crippen molar-refractivity contribution in [2.75, 3.05) is 19.9 Å². The van der Waals surface area contributed by atoms with Crippen molar-refractivity contribution in [3.05, 3.63) is 60.0 Å². The third-order valence-electron chi connectivity index (χ3n) is 3.95. The molecular weight excluding hydrogens is 362 g/mol. The Morgan fingerprint density at radius 3 is 2.63 bits per heavy atom. The molecule has 0 N–H and O–H groups in total. The van der Waals surface area contributed by atoms with Gasteiger partial charge in [0.05, 0.1) is 19.2 Å². The van der Waals surface area contributed by atoms with Crippen LogP contribution in [0.4, 0.5) is 0 Å². The van der Waals surface area contributed by atoms with E-state index in [9.17, 15) is 4.79 Å². The van der Waals surface area contributed by atoms with Gasteiger partial charge in [0.1, 0.15) is 5.75 Å². The highest BCUT2D eigenvalue weighted by atomic mass is 32.2. The van der Waals surface area contributed by atoms with Gasteiger partial charge in [0.15, 0.2) is 0 Å². The van der Waals surface area contributed by atoms with Crippen LogP contribution in [0.25, 0.3) is 11.4 Å². The fourth-order valence-electron chi connectivity index (χ4n) is 2.58. The van der Waals surface area contributed by atoms with E-state index < -0.39 is 0 Å². The molecule has 0 aliphatic carbocycles. The normalized spacial score (nSPS) is 10.6. The molecule has 1 heterocycles. The lowest BCUT2D eigenvalue weighted by Crippen LogP contribution is -2.26. The van der Waals surface area contributed by atoms with E-state index in [0.717, 1.165) is 22.0 Å². The lowest BCUT2D eigenvalue weighted by Gasteiger charge is -2.16. The molecule has 0 saturated carbocycles. The highest BCUT2D eigenvalue weighted by molar-refractivity contribution is 7.99. The topological polar surface area (TPSA) is 68.5 Å². The molecule has 0 radical (unpaired) electrons. The third-order valence-corrected chi connectivity index (χ3v) is 4.91. The van der Waals surface area contributed by atoms with Crippen LogP contribution in [0.1, 0.15) is 23.2 Å². The van der Waals surface area contributed by atoms with Gasteiger partial charge >= 0.3 is 0 Å². The summed E-state index contributed by atoms with van der Waals surface area (Å²) in [5.41, 5.74) is 1.51. The molecule has 7 heteroatoms. The number of hydrogen-bond donors (Lipinski definition) is 0. The zero-order valence-corrected chi connectivity index (χ0v) is 16.3. The van der Waals surface area contributed by atoms with Crippen LogP contribution in [0.5, 0.6) is 5.75 Å². The maximum atomic E-state index is 12.8. The molecule has 1 aromatic heterocycles. The molecule has 27 heavy (non-hydrogen) atoms. The first-order valence-electron chi connectivity index (χ1n) is 8.56. The van der Waals surface area contributed by atoms with Crippen molar-refractivity contribution in [1.29, 1.82) is 0 Å². The first-order valence-corrected chi connectivity index (χ1v) is 9.55. The van der Waals surface area contributed by atoms with E-state index in [2.05, 4.69) is 17.1 Å². The molecule has 0 unspecified atom stereocenters. The number of amides is 1. The van der Waals surface area contributed by atoms with Crippen molar-refractivity contribution < 1.29 is 14.1 Å². The second-order valence-corrected chi connectivity index (χ2v) is 7.14. The standard InChI is InChI=1S/C20H21N3O3S/c1-4-27-17-8-6-5-7-16(17)20(24)23(2)13-18-21-19(22-26-18)14-9-11-15(25-3)12-10-14/h5-12H,4,13H2,1-3H3. The van der Waals surface area contributed by atoms with Crippen LogP contribution >= 0.6 is 11.8 Å². The minimum Gasteiger partial charge on any atom is -0.497 e. The summed E-state index contributed by atoms with van der Waals surface area (Å²) >= 11 is 1.65. The summed E-state index contributed by atoms with van der Waals surface area (Å²) in [5.74, 6) is 2.46. The maximum absolute atomic E-state index is 12.8. The molecule has 3 rings (SSSR count). The molecule has 0 aliphatic rings. The molecular formula is C20H21N3O3S. The minimum absolute atomic E-state index is 0.0734. The first kappa shape index (κ1) is 19.0. The molecule has 6 nitrogen and oxygen atoms in total. The number of thioether (sulfide) groups is 1. The van der Waals surface area contributed by atoms with Crippen molar-refractivity contribution in [2.45, 2.75) is 18.4 Å². The zero-order valence-electron chi connectivity index (χ0n) is 15.5. The van der Waals surface area contributed by atoms with Crippen molar-refractivity contribution >= 4 is 17.7 Å². The number of aromatic nitrogens is 2. The predicted molar refractivity (Wildman–Crippen MR) is 105 cm³/mol. The van der Waals surface area contributed by atoms with E-state index >= 15 is 0 Å². The number of nitrogens with zero attached hydrogens (tertiary/aromatic N) is 3. The van der Waals surface area contributed by atoms with Crippen LogP contribution in [-0.2, 0) is 6.54 Å². The lowest BCUT2D eigenvalue weighted by molar-refractivity contribution is 0.0766. The van der Waals surface area contributed by atoms with Crippen LogP contribution in [0, 0.1) is 0 Å². The van der Waals surface area contributed by atoms with Crippen molar-refractivity contribution in [2.24, 2.45) is 0 Å². The van der Waals surface area contributed by atoms with Gasteiger partial charge in [-0.25, -0.2) is 0 Å². The van der Waals surface area contributed by atoms with Gasteiger partial charge in [-0.3, -0.25) is 4.79 Å². The zero-order chi connectivity index (χ0) is 19.2. The number of hydrogen-bond acceptors (Lipinski definition) is 6. The second kappa shape index (κ2) is 8.73. The molecule has 0 bridgehead atoms. The largest absolute Gasteiger partial charge is 0.497 e. The average Bonchev–Trinajstić information content (AvgIpc) is 3.16. The smallest absolute Gasteiger partial charge is 0.255 e. The molecule has 0 atom stereocenters. The van der Waals surface area contributed by atoms with E-state index in [-0.39, 0.29) is 12.5 Å². The molecule has 0 saturated heterocycles. The van der Waals surface area contributed by atoms with Crippen LogP contribution in [0.15, 0.2) is 57.9 Å².